The number of aliphatic hydroxyl groups is 3. The Labute approximate surface area is 189 Å². The third-order valence-corrected chi connectivity index (χ3v) is 8.23. The normalized spacial score (nSPS) is 45.4. The van der Waals surface area contributed by atoms with Crippen molar-refractivity contribution in [3.05, 3.63) is 35.4 Å². The first-order valence-electron chi connectivity index (χ1n) is 11.2. The van der Waals surface area contributed by atoms with Crippen LogP contribution < -0.4 is 4.74 Å². The number of ether oxygens (including phenoxy) is 3. The number of hydrogen-bond donors (Lipinski definition) is 5. The Balaban J connectivity index is 1.38. The van der Waals surface area contributed by atoms with E-state index < -0.39 is 54.3 Å². The lowest BCUT2D eigenvalue weighted by Crippen LogP contribution is -2.66. The van der Waals surface area contributed by atoms with Crippen LogP contribution in [0.25, 0.3) is 0 Å². The molecule has 2 saturated heterocycles. The highest BCUT2D eigenvalue weighted by Crippen LogP contribution is 2.62. The highest BCUT2D eigenvalue weighted by atomic mass is 16.7. The summed E-state index contributed by atoms with van der Waals surface area (Å²) < 4.78 is 17.7. The quantitative estimate of drug-likeness (QED) is 0.359. The van der Waals surface area contributed by atoms with E-state index in [0.717, 1.165) is 30.5 Å². The lowest BCUT2D eigenvalue weighted by atomic mass is 9.53. The maximum atomic E-state index is 11.5. The molecule has 0 amide bonds. The smallest absolute Gasteiger partial charge is 0.335 e. The van der Waals surface area contributed by atoms with E-state index >= 15 is 0 Å². The Morgan fingerprint density at radius 1 is 1.18 bits per heavy atom. The first-order valence-corrected chi connectivity index (χ1v) is 11.2. The highest BCUT2D eigenvalue weighted by molar-refractivity contribution is 5.73. The van der Waals surface area contributed by atoms with Gasteiger partial charge in [0.2, 0.25) is 0 Å². The van der Waals surface area contributed by atoms with Gasteiger partial charge in [-0.3, -0.25) is 0 Å². The maximum Gasteiger partial charge on any atom is 0.335 e. The van der Waals surface area contributed by atoms with Crippen molar-refractivity contribution in [3.63, 3.8) is 0 Å². The molecular weight excluding hydrogens is 434 g/mol. The number of carboxylic acids is 1. The van der Waals surface area contributed by atoms with Crippen molar-refractivity contribution in [2.24, 2.45) is 5.92 Å². The van der Waals surface area contributed by atoms with E-state index in [4.69, 9.17) is 14.2 Å². The second kappa shape index (κ2) is 7.14. The van der Waals surface area contributed by atoms with Crippen LogP contribution in [0.4, 0.5) is 0 Å². The number of likely N-dealkylation sites (tertiary alicyclic amines) is 1. The first kappa shape index (κ1) is 21.3. The number of aromatic hydroxyl groups is 1. The van der Waals surface area contributed by atoms with Gasteiger partial charge in [-0.1, -0.05) is 18.2 Å². The average Bonchev–Trinajstić information content (AvgIpc) is 3.14. The zero-order valence-electron chi connectivity index (χ0n) is 17.9. The number of benzene rings is 1. The van der Waals surface area contributed by atoms with E-state index in [1.807, 2.05) is 12.1 Å². The highest BCUT2D eigenvalue weighted by Gasteiger charge is 2.65. The second-order valence-electron chi connectivity index (χ2n) is 9.78. The third-order valence-electron chi connectivity index (χ3n) is 8.23. The number of aliphatic hydroxyl groups excluding tert-OH is 3. The Morgan fingerprint density at radius 3 is 2.73 bits per heavy atom. The summed E-state index contributed by atoms with van der Waals surface area (Å²) >= 11 is 0. The molecule has 1 unspecified atom stereocenters. The number of aliphatic carboxylic acids is 1. The molecule has 10 heteroatoms. The van der Waals surface area contributed by atoms with Gasteiger partial charge in [0, 0.05) is 22.9 Å². The Morgan fingerprint density at radius 2 is 1.97 bits per heavy atom. The molecule has 0 radical (unpaired) electrons. The molecule has 178 valence electrons. The van der Waals surface area contributed by atoms with Crippen LogP contribution in [0.3, 0.4) is 0 Å². The summed E-state index contributed by atoms with van der Waals surface area (Å²) in [6.07, 6.45) is -4.16. The van der Waals surface area contributed by atoms with Crippen LogP contribution in [0.1, 0.15) is 17.5 Å². The summed E-state index contributed by atoms with van der Waals surface area (Å²) in [5.74, 6) is -0.824. The van der Waals surface area contributed by atoms with Crippen molar-refractivity contribution in [2.45, 2.75) is 67.2 Å². The Bertz CT molecular complexity index is 1030. The minimum atomic E-state index is -1.79. The van der Waals surface area contributed by atoms with Crippen molar-refractivity contribution in [2.75, 3.05) is 13.6 Å². The van der Waals surface area contributed by atoms with Crippen LogP contribution in [-0.4, -0.2) is 98.9 Å². The van der Waals surface area contributed by atoms with E-state index in [1.165, 1.54) is 0 Å². The second-order valence-corrected chi connectivity index (χ2v) is 9.78. The van der Waals surface area contributed by atoms with Crippen molar-refractivity contribution in [1.29, 1.82) is 0 Å². The molecule has 1 spiro atoms. The molecule has 1 aromatic carbocycles. The standard InChI is InChI=1S/C23H27NO9/c1-24-7-6-23-10-3-5-13(31-22-17(28)15(26)16(27)19(33-22)21(29)30)20(23)32-18-12(25)4-2-9(14(18)23)8-11(10)24/h2-5,10-11,13,15-17,19-20,22,25-28H,6-8H2,1H3,(H,29,30)/t10?,11-,13+,15+,16+,17-,19+,20+,22-,23+/m1/s1. The van der Waals surface area contributed by atoms with Gasteiger partial charge in [-0.05, 0) is 38.1 Å². The molecule has 2 aliphatic carbocycles. The molecule has 0 aromatic heterocycles. The number of rotatable bonds is 3. The zero-order valence-corrected chi connectivity index (χ0v) is 17.9. The number of carboxylic acid groups (broad SMARTS) is 1. The molecule has 1 aromatic rings. The molecule has 6 rings (SSSR count). The molecule has 5 N–H and O–H groups in total. The summed E-state index contributed by atoms with van der Waals surface area (Å²) in [5.41, 5.74) is 1.69. The number of piperidine rings is 1. The number of likely N-dealkylation sites (N-methyl/N-ethyl adjacent to an activating group) is 1. The molecule has 2 bridgehead atoms. The Kier molecular flexibility index (Phi) is 4.62. The molecule has 5 aliphatic rings. The summed E-state index contributed by atoms with van der Waals surface area (Å²) in [6.45, 7) is 0.838. The summed E-state index contributed by atoms with van der Waals surface area (Å²) in [7, 11) is 2.11. The predicted molar refractivity (Wildman–Crippen MR) is 111 cm³/mol. The van der Waals surface area contributed by atoms with Crippen molar-refractivity contribution < 1.29 is 44.5 Å². The molecule has 10 atom stereocenters. The van der Waals surface area contributed by atoms with Crippen LogP contribution in [-0.2, 0) is 26.1 Å². The van der Waals surface area contributed by atoms with E-state index in [-0.39, 0.29) is 17.7 Å². The predicted octanol–water partition coefficient (Wildman–Crippen LogP) is -0.885. The lowest BCUT2D eigenvalue weighted by Gasteiger charge is -2.57. The number of phenols is 1. The number of phenolic OH excluding ortho intramolecular Hbond substituents is 1. The largest absolute Gasteiger partial charge is 0.504 e. The summed E-state index contributed by atoms with van der Waals surface area (Å²) in [4.78, 5) is 13.8. The fourth-order valence-electron chi connectivity index (χ4n) is 6.66. The van der Waals surface area contributed by atoms with Crippen LogP contribution in [0.5, 0.6) is 11.5 Å². The van der Waals surface area contributed by atoms with Gasteiger partial charge in [-0.25, -0.2) is 4.79 Å². The van der Waals surface area contributed by atoms with Gasteiger partial charge < -0.3 is 44.6 Å². The molecule has 33 heavy (non-hydrogen) atoms. The summed E-state index contributed by atoms with van der Waals surface area (Å²) in [5, 5.41) is 50.5. The molecule has 2 fully saturated rings. The number of hydrogen-bond acceptors (Lipinski definition) is 9. The van der Waals surface area contributed by atoms with E-state index in [9.17, 15) is 30.3 Å². The number of nitrogens with zero attached hydrogens (tertiary/aromatic N) is 1. The maximum absolute atomic E-state index is 11.5. The van der Waals surface area contributed by atoms with Gasteiger partial charge in [-0.2, -0.15) is 0 Å². The fourth-order valence-corrected chi connectivity index (χ4v) is 6.66. The minimum absolute atomic E-state index is 0.0610. The van der Waals surface area contributed by atoms with Gasteiger partial charge in [0.15, 0.2) is 23.9 Å². The monoisotopic (exact) mass is 461 g/mol. The van der Waals surface area contributed by atoms with Crippen LogP contribution in [0.2, 0.25) is 0 Å². The average molecular weight is 461 g/mol. The summed E-state index contributed by atoms with van der Waals surface area (Å²) in [6, 6.07) is 3.85. The third kappa shape index (κ3) is 2.73. The van der Waals surface area contributed by atoms with Gasteiger partial charge in [0.25, 0.3) is 0 Å². The molecule has 0 saturated carbocycles. The molecule has 10 nitrogen and oxygen atoms in total. The lowest BCUT2D eigenvalue weighted by molar-refractivity contribution is -0.307. The SMILES string of the molecule is CN1CC[C@]23c4c5ccc(O)c4O[C@H]2[C@@H](O[C@@H]2O[C@H](C(=O)O)[C@@H](O)[C@H](O)[C@H]2O)C=CC3[C@H]1C5. The fraction of sp³-hybridized carbons (Fsp3) is 0.609. The van der Waals surface area contributed by atoms with Gasteiger partial charge in [0.05, 0.1) is 0 Å². The topological polar surface area (TPSA) is 149 Å². The first-order chi connectivity index (χ1) is 15.7. The van der Waals surface area contributed by atoms with Gasteiger partial charge in [0.1, 0.15) is 30.5 Å². The van der Waals surface area contributed by atoms with E-state index in [0.29, 0.717) is 5.75 Å². The molecular formula is C23H27NO9. The van der Waals surface area contributed by atoms with Gasteiger partial charge in [-0.15, -0.1) is 0 Å². The Hall–Kier alpha value is -2.21. The zero-order chi connectivity index (χ0) is 23.2. The van der Waals surface area contributed by atoms with Crippen molar-refractivity contribution >= 4 is 5.97 Å². The van der Waals surface area contributed by atoms with E-state index in [2.05, 4.69) is 18.0 Å². The minimum Gasteiger partial charge on any atom is -0.504 e. The number of carbonyl (C=O) groups is 1. The van der Waals surface area contributed by atoms with Crippen LogP contribution in [0.15, 0.2) is 24.3 Å². The van der Waals surface area contributed by atoms with Gasteiger partial charge >= 0.3 is 5.97 Å². The molecule has 3 heterocycles. The van der Waals surface area contributed by atoms with Crippen LogP contribution >= 0.6 is 0 Å². The van der Waals surface area contributed by atoms with E-state index in [1.54, 1.807) is 6.07 Å². The molecule has 3 aliphatic heterocycles. The van der Waals surface area contributed by atoms with Crippen molar-refractivity contribution in [1.82, 2.24) is 4.90 Å². The van der Waals surface area contributed by atoms with Crippen LogP contribution in [0, 0.1) is 5.92 Å². The van der Waals surface area contributed by atoms with Crippen molar-refractivity contribution in [3.8, 4) is 11.5 Å².